The number of carbonyl (C=O) groups excluding carboxylic acids is 1. The van der Waals surface area contributed by atoms with E-state index in [-0.39, 0.29) is 23.1 Å². The van der Waals surface area contributed by atoms with Crippen LogP contribution in [0.5, 0.6) is 0 Å². The monoisotopic (exact) mass is 317 g/mol. The fraction of sp³-hybridized carbons (Fsp3) is 0.200. The van der Waals surface area contributed by atoms with Gasteiger partial charge in [0.05, 0.1) is 11.3 Å². The van der Waals surface area contributed by atoms with E-state index in [0.29, 0.717) is 6.54 Å². The standard InChI is InChI=1S/C15H15N3O3S/c1-17(12-6-3-2-4-7-12)15(19)13-8-5-9-18-10-11-22(20,21)16-14(13)18/h2-9H,10-11H2,1H3. The summed E-state index contributed by atoms with van der Waals surface area (Å²) >= 11 is 0. The van der Waals surface area contributed by atoms with Crippen LogP contribution in [-0.2, 0) is 14.8 Å². The van der Waals surface area contributed by atoms with E-state index in [9.17, 15) is 13.2 Å². The van der Waals surface area contributed by atoms with Crippen molar-refractivity contribution in [3.8, 4) is 0 Å². The Hall–Kier alpha value is -2.41. The van der Waals surface area contributed by atoms with Crippen molar-refractivity contribution in [2.45, 2.75) is 0 Å². The first-order valence-electron chi connectivity index (χ1n) is 6.79. The minimum absolute atomic E-state index is 0.0448. The van der Waals surface area contributed by atoms with Crippen molar-refractivity contribution in [2.24, 2.45) is 4.40 Å². The number of carbonyl (C=O) groups is 1. The lowest BCUT2D eigenvalue weighted by Gasteiger charge is -2.30. The van der Waals surface area contributed by atoms with Gasteiger partial charge in [-0.3, -0.25) is 4.79 Å². The van der Waals surface area contributed by atoms with Gasteiger partial charge in [-0.15, -0.1) is 4.40 Å². The number of para-hydroxylation sites is 1. The predicted octanol–water partition coefficient (Wildman–Crippen LogP) is 1.15. The van der Waals surface area contributed by atoms with Crippen LogP contribution in [0.15, 0.2) is 58.7 Å². The Morgan fingerprint density at radius 1 is 1.27 bits per heavy atom. The second-order valence-electron chi connectivity index (χ2n) is 5.02. The van der Waals surface area contributed by atoms with Gasteiger partial charge in [-0.25, -0.2) is 8.42 Å². The van der Waals surface area contributed by atoms with E-state index in [1.807, 2.05) is 30.3 Å². The number of sulfonamides is 1. The van der Waals surface area contributed by atoms with Crippen molar-refractivity contribution in [3.05, 3.63) is 54.3 Å². The minimum Gasteiger partial charge on any atom is -0.331 e. The van der Waals surface area contributed by atoms with Crippen LogP contribution in [0.1, 0.15) is 0 Å². The average Bonchev–Trinajstić information content (AvgIpc) is 2.53. The third-order valence-electron chi connectivity index (χ3n) is 3.54. The van der Waals surface area contributed by atoms with Crippen LogP contribution in [0.4, 0.5) is 5.69 Å². The molecule has 2 aliphatic rings. The van der Waals surface area contributed by atoms with Crippen molar-refractivity contribution >= 4 is 27.5 Å². The summed E-state index contributed by atoms with van der Waals surface area (Å²) in [5.74, 6) is -0.144. The highest BCUT2D eigenvalue weighted by molar-refractivity contribution is 7.90. The molecule has 0 saturated heterocycles. The highest BCUT2D eigenvalue weighted by atomic mass is 32.2. The quantitative estimate of drug-likeness (QED) is 0.820. The molecule has 114 valence electrons. The second-order valence-corrected chi connectivity index (χ2v) is 6.77. The van der Waals surface area contributed by atoms with Crippen molar-refractivity contribution < 1.29 is 13.2 Å². The number of allylic oxidation sites excluding steroid dienone is 2. The van der Waals surface area contributed by atoms with E-state index in [4.69, 9.17) is 0 Å². The average molecular weight is 317 g/mol. The summed E-state index contributed by atoms with van der Waals surface area (Å²) in [6, 6.07) is 9.17. The lowest BCUT2D eigenvalue weighted by atomic mass is 10.1. The Labute approximate surface area is 129 Å². The molecular formula is C15H15N3O3S. The van der Waals surface area contributed by atoms with E-state index < -0.39 is 10.0 Å². The molecule has 1 aromatic carbocycles. The third-order valence-corrected chi connectivity index (χ3v) is 4.69. The second kappa shape index (κ2) is 5.42. The van der Waals surface area contributed by atoms with E-state index in [1.54, 1.807) is 30.3 Å². The highest BCUT2D eigenvalue weighted by Gasteiger charge is 2.31. The zero-order chi connectivity index (χ0) is 15.7. The van der Waals surface area contributed by atoms with Crippen LogP contribution in [0.3, 0.4) is 0 Å². The van der Waals surface area contributed by atoms with Gasteiger partial charge in [0, 0.05) is 25.5 Å². The predicted molar refractivity (Wildman–Crippen MR) is 85.0 cm³/mol. The van der Waals surface area contributed by atoms with Crippen molar-refractivity contribution in [2.75, 3.05) is 24.2 Å². The molecule has 2 heterocycles. The first kappa shape index (κ1) is 14.5. The molecule has 0 spiro atoms. The number of rotatable bonds is 2. The van der Waals surface area contributed by atoms with E-state index in [0.717, 1.165) is 5.69 Å². The molecule has 1 aromatic rings. The Balaban J connectivity index is 1.96. The van der Waals surface area contributed by atoms with E-state index >= 15 is 0 Å². The van der Waals surface area contributed by atoms with Crippen LogP contribution in [-0.4, -0.2) is 44.4 Å². The van der Waals surface area contributed by atoms with Crippen LogP contribution >= 0.6 is 0 Å². The highest BCUT2D eigenvalue weighted by Crippen LogP contribution is 2.21. The number of amidine groups is 1. The fourth-order valence-electron chi connectivity index (χ4n) is 2.33. The number of hydrogen-bond donors (Lipinski definition) is 0. The topological polar surface area (TPSA) is 70.1 Å². The summed E-state index contributed by atoms with van der Waals surface area (Å²) in [7, 11) is -1.86. The molecule has 0 bridgehead atoms. The summed E-state index contributed by atoms with van der Waals surface area (Å²) in [5, 5.41) is 0. The summed E-state index contributed by atoms with van der Waals surface area (Å²) < 4.78 is 27.2. The van der Waals surface area contributed by atoms with Gasteiger partial charge in [-0.05, 0) is 24.3 Å². The van der Waals surface area contributed by atoms with Gasteiger partial charge in [0.1, 0.15) is 0 Å². The molecule has 0 N–H and O–H groups in total. The Morgan fingerprint density at radius 2 is 2.00 bits per heavy atom. The Bertz CT molecular complexity index is 795. The van der Waals surface area contributed by atoms with E-state index in [2.05, 4.69) is 4.40 Å². The largest absolute Gasteiger partial charge is 0.331 e. The summed E-state index contributed by atoms with van der Waals surface area (Å²) in [6.45, 7) is 0.303. The molecule has 1 amide bonds. The molecule has 2 aliphatic heterocycles. The van der Waals surface area contributed by atoms with Crippen molar-refractivity contribution in [1.82, 2.24) is 4.90 Å². The maximum atomic E-state index is 12.7. The SMILES string of the molecule is CN(C(=O)C1=CC=CN2CCS(=O)(=O)N=C12)c1ccccc1. The number of benzene rings is 1. The summed E-state index contributed by atoms with van der Waals surface area (Å²) in [5.41, 5.74) is 1.01. The lowest BCUT2D eigenvalue weighted by Crippen LogP contribution is -2.42. The van der Waals surface area contributed by atoms with Crippen LogP contribution in [0.2, 0.25) is 0 Å². The van der Waals surface area contributed by atoms with Gasteiger partial charge < -0.3 is 9.80 Å². The molecule has 0 unspecified atom stereocenters. The third kappa shape index (κ3) is 2.67. The normalized spacial score (nSPS) is 19.0. The first-order chi connectivity index (χ1) is 10.5. The number of anilines is 1. The lowest BCUT2D eigenvalue weighted by molar-refractivity contribution is -0.114. The number of nitrogens with zero attached hydrogens (tertiary/aromatic N) is 3. The van der Waals surface area contributed by atoms with Gasteiger partial charge in [-0.2, -0.15) is 0 Å². The maximum Gasteiger partial charge on any atom is 0.261 e. The summed E-state index contributed by atoms with van der Waals surface area (Å²) in [4.78, 5) is 15.9. The molecule has 3 rings (SSSR count). The number of hydrogen-bond acceptors (Lipinski definition) is 4. The molecule has 22 heavy (non-hydrogen) atoms. The van der Waals surface area contributed by atoms with Crippen LogP contribution in [0, 0.1) is 0 Å². The molecule has 7 heteroatoms. The Morgan fingerprint density at radius 3 is 2.73 bits per heavy atom. The van der Waals surface area contributed by atoms with E-state index in [1.165, 1.54) is 4.90 Å². The molecule has 0 aliphatic carbocycles. The molecule has 0 radical (unpaired) electrons. The molecular weight excluding hydrogens is 302 g/mol. The van der Waals surface area contributed by atoms with Gasteiger partial charge in [-0.1, -0.05) is 18.2 Å². The van der Waals surface area contributed by atoms with Crippen molar-refractivity contribution in [3.63, 3.8) is 0 Å². The number of likely N-dealkylation sites (N-methyl/N-ethyl adjacent to an activating group) is 1. The van der Waals surface area contributed by atoms with Gasteiger partial charge in [0.2, 0.25) is 0 Å². The molecule has 0 aromatic heterocycles. The summed E-state index contributed by atoms with van der Waals surface area (Å²) in [6.07, 6.45) is 5.05. The van der Waals surface area contributed by atoms with Crippen molar-refractivity contribution in [1.29, 1.82) is 0 Å². The molecule has 0 saturated carbocycles. The first-order valence-corrected chi connectivity index (χ1v) is 8.40. The Kier molecular flexibility index (Phi) is 3.58. The maximum absolute atomic E-state index is 12.7. The van der Waals surface area contributed by atoms with Crippen LogP contribution in [0.25, 0.3) is 0 Å². The molecule has 0 fully saturated rings. The molecule has 6 nitrogen and oxygen atoms in total. The van der Waals surface area contributed by atoms with Gasteiger partial charge in [0.25, 0.3) is 15.9 Å². The number of amides is 1. The molecule has 0 atom stereocenters. The van der Waals surface area contributed by atoms with Crippen LogP contribution < -0.4 is 4.90 Å². The zero-order valence-corrected chi connectivity index (χ0v) is 12.8. The smallest absolute Gasteiger partial charge is 0.261 e. The van der Waals surface area contributed by atoms with Gasteiger partial charge >= 0.3 is 0 Å². The number of fused-ring (bicyclic) bond motifs is 1. The van der Waals surface area contributed by atoms with Gasteiger partial charge in [0.15, 0.2) is 5.84 Å². The zero-order valence-electron chi connectivity index (χ0n) is 12.0. The fourth-order valence-corrected chi connectivity index (χ4v) is 3.32. The minimum atomic E-state index is -3.51.